The third kappa shape index (κ3) is 3.14. The number of halogens is 1. The summed E-state index contributed by atoms with van der Waals surface area (Å²) < 4.78 is 6.92. The van der Waals surface area contributed by atoms with Crippen molar-refractivity contribution < 1.29 is 9.53 Å². The molecule has 0 aliphatic carbocycles. The van der Waals surface area contributed by atoms with Crippen LogP contribution in [0.2, 0.25) is 0 Å². The zero-order valence-electron chi connectivity index (χ0n) is 13.5. The van der Waals surface area contributed by atoms with Gasteiger partial charge in [-0.3, -0.25) is 9.78 Å². The minimum atomic E-state index is -1.38. The van der Waals surface area contributed by atoms with Gasteiger partial charge in [-0.05, 0) is 48.7 Å². The number of aryl methyl sites for hydroxylation is 1. The van der Waals surface area contributed by atoms with Gasteiger partial charge in [-0.25, -0.2) is 14.2 Å². The summed E-state index contributed by atoms with van der Waals surface area (Å²) in [5, 5.41) is 0.413. The Morgan fingerprint density at radius 3 is 2.65 bits per heavy atom. The molecule has 0 unspecified atom stereocenters. The maximum absolute atomic E-state index is 12.8. The van der Waals surface area contributed by atoms with Gasteiger partial charge in [0, 0.05) is 0 Å². The lowest BCUT2D eigenvalue weighted by Gasteiger charge is -2.24. The van der Waals surface area contributed by atoms with Crippen LogP contribution in [-0.2, 0) is 15.1 Å². The van der Waals surface area contributed by atoms with Crippen molar-refractivity contribution in [1.82, 2.24) is 9.55 Å². The van der Waals surface area contributed by atoms with E-state index in [9.17, 15) is 14.4 Å². The van der Waals surface area contributed by atoms with Crippen LogP contribution < -0.4 is 11.2 Å². The number of unbranched alkanes of at least 4 members (excludes halogenated alkanes) is 1. The van der Waals surface area contributed by atoms with Gasteiger partial charge >= 0.3 is 11.7 Å². The fourth-order valence-corrected chi connectivity index (χ4v) is 3.87. The fraction of sp³-hybridized carbons (Fsp3) is 0.533. The van der Waals surface area contributed by atoms with Gasteiger partial charge < -0.3 is 4.74 Å². The van der Waals surface area contributed by atoms with E-state index in [1.165, 1.54) is 25.2 Å². The molecule has 0 aliphatic heterocycles. The number of carbonyl (C=O) groups excluding carboxylic acids is 1. The Kier molecular flexibility index (Phi) is 5.15. The second kappa shape index (κ2) is 6.60. The lowest BCUT2D eigenvalue weighted by atomic mass is 10.1. The quantitative estimate of drug-likeness (QED) is 0.615. The molecule has 8 heteroatoms. The fourth-order valence-electron chi connectivity index (χ4n) is 2.27. The summed E-state index contributed by atoms with van der Waals surface area (Å²) in [4.78, 5) is 40.6. The highest BCUT2D eigenvalue weighted by Gasteiger charge is 2.35. The largest absolute Gasteiger partial charge is 0.464 e. The van der Waals surface area contributed by atoms with E-state index in [0.29, 0.717) is 10.2 Å². The Balaban J connectivity index is 2.58. The molecule has 23 heavy (non-hydrogen) atoms. The van der Waals surface area contributed by atoms with Crippen molar-refractivity contribution in [2.24, 2.45) is 0 Å². The number of esters is 1. The molecule has 0 saturated heterocycles. The molecule has 126 valence electrons. The summed E-state index contributed by atoms with van der Waals surface area (Å²) in [6.45, 7) is 7.08. The third-order valence-electron chi connectivity index (χ3n) is 3.72. The first kappa shape index (κ1) is 17.9. The van der Waals surface area contributed by atoms with Crippen LogP contribution in [0.15, 0.2) is 13.4 Å². The van der Waals surface area contributed by atoms with Crippen LogP contribution in [0.4, 0.5) is 0 Å². The van der Waals surface area contributed by atoms with Crippen molar-refractivity contribution in [3.8, 4) is 0 Å². The number of carbonyl (C=O) groups is 1. The molecule has 0 amide bonds. The molecule has 2 aromatic heterocycles. The van der Waals surface area contributed by atoms with E-state index in [1.807, 2.05) is 6.92 Å². The molecule has 0 aromatic carbocycles. The Bertz CT molecular complexity index is 863. The standard InChI is InChI=1S/C15H19BrN2O4S/c1-5-6-7-22-13(20)15(3,4)18-12(19)9-8(2)10(16)23-11(9)17-14(18)21/h5-7H2,1-4H3,(H,17,21). The average Bonchev–Trinajstić information content (AvgIpc) is 2.73. The van der Waals surface area contributed by atoms with Crippen LogP contribution in [0.5, 0.6) is 0 Å². The van der Waals surface area contributed by atoms with Crippen LogP contribution >= 0.6 is 27.3 Å². The van der Waals surface area contributed by atoms with Crippen LogP contribution in [0.3, 0.4) is 0 Å². The van der Waals surface area contributed by atoms with Crippen LogP contribution in [0, 0.1) is 6.92 Å². The molecule has 2 rings (SSSR count). The van der Waals surface area contributed by atoms with Crippen molar-refractivity contribution in [3.63, 3.8) is 0 Å². The minimum absolute atomic E-state index is 0.274. The zero-order chi connectivity index (χ0) is 17.4. The number of H-pyrrole nitrogens is 1. The molecular formula is C15H19BrN2O4S. The van der Waals surface area contributed by atoms with Crippen molar-refractivity contribution >= 4 is 43.5 Å². The number of rotatable bonds is 5. The average molecular weight is 403 g/mol. The second-order valence-corrected chi connectivity index (χ2v) is 8.16. The number of fused-ring (bicyclic) bond motifs is 1. The van der Waals surface area contributed by atoms with Crippen LogP contribution in [0.25, 0.3) is 10.2 Å². The van der Waals surface area contributed by atoms with Gasteiger partial charge in [0.1, 0.15) is 10.4 Å². The van der Waals surface area contributed by atoms with Crippen molar-refractivity contribution in [3.05, 3.63) is 30.2 Å². The number of aromatic nitrogens is 2. The zero-order valence-corrected chi connectivity index (χ0v) is 15.9. The number of hydrogen-bond donors (Lipinski definition) is 1. The first-order chi connectivity index (χ1) is 10.7. The van der Waals surface area contributed by atoms with E-state index in [1.54, 1.807) is 6.92 Å². The van der Waals surface area contributed by atoms with E-state index in [4.69, 9.17) is 4.74 Å². The molecule has 0 fully saturated rings. The maximum atomic E-state index is 12.8. The highest BCUT2D eigenvalue weighted by Crippen LogP contribution is 2.31. The molecule has 0 atom stereocenters. The van der Waals surface area contributed by atoms with E-state index >= 15 is 0 Å². The van der Waals surface area contributed by atoms with Gasteiger partial charge in [-0.15, -0.1) is 11.3 Å². The van der Waals surface area contributed by atoms with E-state index in [-0.39, 0.29) is 6.61 Å². The van der Waals surface area contributed by atoms with Crippen molar-refractivity contribution in [1.29, 1.82) is 0 Å². The van der Waals surface area contributed by atoms with Crippen LogP contribution in [-0.4, -0.2) is 22.1 Å². The van der Waals surface area contributed by atoms with Gasteiger partial charge in [0.25, 0.3) is 5.56 Å². The summed E-state index contributed by atoms with van der Waals surface area (Å²) in [5.74, 6) is -0.593. The molecule has 1 N–H and O–H groups in total. The molecule has 2 heterocycles. The lowest BCUT2D eigenvalue weighted by Crippen LogP contribution is -2.51. The van der Waals surface area contributed by atoms with Gasteiger partial charge in [-0.2, -0.15) is 0 Å². The molecule has 6 nitrogen and oxygen atoms in total. The first-order valence-corrected chi connectivity index (χ1v) is 8.94. The highest BCUT2D eigenvalue weighted by atomic mass is 79.9. The summed E-state index contributed by atoms with van der Waals surface area (Å²) in [7, 11) is 0. The molecule has 0 aliphatic rings. The Morgan fingerprint density at radius 2 is 2.04 bits per heavy atom. The lowest BCUT2D eigenvalue weighted by molar-refractivity contribution is -0.153. The topological polar surface area (TPSA) is 81.2 Å². The van der Waals surface area contributed by atoms with Crippen molar-refractivity contribution in [2.75, 3.05) is 6.61 Å². The highest BCUT2D eigenvalue weighted by molar-refractivity contribution is 9.11. The predicted molar refractivity (Wildman–Crippen MR) is 94.3 cm³/mol. The SMILES string of the molecule is CCCCOC(=O)C(C)(C)n1c(=O)[nH]c2sc(Br)c(C)c2c1=O. The third-order valence-corrected chi connectivity index (χ3v) is 5.79. The normalized spacial score (nSPS) is 11.9. The first-order valence-electron chi connectivity index (χ1n) is 7.33. The second-order valence-electron chi connectivity index (χ2n) is 5.82. The Hall–Kier alpha value is -1.41. The number of nitrogens with one attached hydrogen (secondary N) is 1. The number of thiophene rings is 1. The molecule has 2 aromatic rings. The summed E-state index contributed by atoms with van der Waals surface area (Å²) in [6, 6.07) is 0. The van der Waals surface area contributed by atoms with E-state index in [2.05, 4.69) is 20.9 Å². The Labute approximate surface area is 145 Å². The number of nitrogens with zero attached hydrogens (tertiary/aromatic N) is 1. The van der Waals surface area contributed by atoms with Gasteiger partial charge in [0.15, 0.2) is 0 Å². The summed E-state index contributed by atoms with van der Waals surface area (Å²) in [6.07, 6.45) is 1.63. The molecular weight excluding hydrogens is 384 g/mol. The molecule has 0 spiro atoms. The minimum Gasteiger partial charge on any atom is -0.464 e. The van der Waals surface area contributed by atoms with Crippen LogP contribution in [0.1, 0.15) is 39.2 Å². The monoisotopic (exact) mass is 402 g/mol. The maximum Gasteiger partial charge on any atom is 0.332 e. The summed E-state index contributed by atoms with van der Waals surface area (Å²) >= 11 is 4.65. The molecule has 0 radical (unpaired) electrons. The Morgan fingerprint density at radius 1 is 1.39 bits per heavy atom. The van der Waals surface area contributed by atoms with Crippen molar-refractivity contribution in [2.45, 2.75) is 46.1 Å². The number of hydrogen-bond acceptors (Lipinski definition) is 5. The summed E-state index contributed by atoms with van der Waals surface area (Å²) in [5.41, 5.74) is -1.74. The van der Waals surface area contributed by atoms with E-state index in [0.717, 1.165) is 26.8 Å². The number of aromatic amines is 1. The van der Waals surface area contributed by atoms with Gasteiger partial charge in [-0.1, -0.05) is 13.3 Å². The molecule has 0 bridgehead atoms. The molecule has 0 saturated carbocycles. The van der Waals surface area contributed by atoms with E-state index < -0.39 is 22.8 Å². The van der Waals surface area contributed by atoms with Gasteiger partial charge in [0.05, 0.1) is 15.8 Å². The number of ether oxygens (including phenoxy) is 1. The predicted octanol–water partition coefficient (Wildman–Crippen LogP) is 2.90. The van der Waals surface area contributed by atoms with Gasteiger partial charge in [0.2, 0.25) is 0 Å². The smallest absolute Gasteiger partial charge is 0.332 e.